The first-order chi connectivity index (χ1) is 13.4. The average Bonchev–Trinajstić information content (AvgIpc) is 2.68. The predicted octanol–water partition coefficient (Wildman–Crippen LogP) is 4.23. The Morgan fingerprint density at radius 1 is 1.00 bits per heavy atom. The molecule has 0 unspecified atom stereocenters. The Bertz CT molecular complexity index is 780. The van der Waals surface area contributed by atoms with Crippen LogP contribution in [-0.2, 0) is 11.3 Å². The van der Waals surface area contributed by atoms with Gasteiger partial charge in [0.2, 0.25) is 0 Å². The summed E-state index contributed by atoms with van der Waals surface area (Å²) in [5.41, 5.74) is 3.62. The summed E-state index contributed by atoms with van der Waals surface area (Å²) in [6, 6.07) is 16.7. The Hall–Kier alpha value is -2.33. The molecule has 0 spiro atoms. The molecule has 1 heterocycles. The molecule has 150 valence electrons. The molecule has 0 radical (unpaired) electrons. The summed E-state index contributed by atoms with van der Waals surface area (Å²) in [6.07, 6.45) is -0.472. The zero-order valence-electron chi connectivity index (χ0n) is 17.5. The van der Waals surface area contributed by atoms with Crippen molar-refractivity contribution in [1.82, 2.24) is 9.80 Å². The molecule has 1 fully saturated rings. The minimum atomic E-state index is -0.472. The number of amides is 1. The van der Waals surface area contributed by atoms with Gasteiger partial charge in [0.25, 0.3) is 5.91 Å². The lowest BCUT2D eigenvalue weighted by molar-refractivity contribution is -0.139. The SMILES string of the molecule is Cc1ccc(C(C)C)c(O[C@@H](C)C(=O)N2CCN(Cc3ccccc3)CC2)c1. The molecule has 4 nitrogen and oxygen atoms in total. The molecule has 1 aliphatic rings. The Morgan fingerprint density at radius 2 is 1.68 bits per heavy atom. The van der Waals surface area contributed by atoms with Crippen molar-refractivity contribution < 1.29 is 9.53 Å². The number of carbonyl (C=O) groups excluding carboxylic acids is 1. The molecule has 28 heavy (non-hydrogen) atoms. The van der Waals surface area contributed by atoms with Crippen molar-refractivity contribution in [3.05, 3.63) is 65.2 Å². The van der Waals surface area contributed by atoms with Gasteiger partial charge in [0.15, 0.2) is 6.10 Å². The minimum absolute atomic E-state index is 0.0792. The molecule has 0 N–H and O–H groups in total. The predicted molar refractivity (Wildman–Crippen MR) is 114 cm³/mol. The van der Waals surface area contributed by atoms with Crippen LogP contribution in [0.15, 0.2) is 48.5 Å². The number of benzene rings is 2. The largest absolute Gasteiger partial charge is 0.481 e. The van der Waals surface area contributed by atoms with E-state index in [2.05, 4.69) is 62.1 Å². The highest BCUT2D eigenvalue weighted by Crippen LogP contribution is 2.28. The zero-order chi connectivity index (χ0) is 20.1. The van der Waals surface area contributed by atoms with Gasteiger partial charge in [-0.1, -0.05) is 56.3 Å². The molecule has 2 aromatic carbocycles. The monoisotopic (exact) mass is 380 g/mol. The lowest BCUT2D eigenvalue weighted by Gasteiger charge is -2.36. The summed E-state index contributed by atoms with van der Waals surface area (Å²) < 4.78 is 6.12. The molecule has 1 saturated heterocycles. The number of nitrogens with zero attached hydrogens (tertiary/aromatic N) is 2. The van der Waals surface area contributed by atoms with Gasteiger partial charge in [-0.25, -0.2) is 0 Å². The fourth-order valence-electron chi connectivity index (χ4n) is 3.69. The van der Waals surface area contributed by atoms with Gasteiger partial charge in [-0.3, -0.25) is 9.69 Å². The van der Waals surface area contributed by atoms with E-state index in [0.717, 1.165) is 49.6 Å². The highest BCUT2D eigenvalue weighted by Gasteiger charge is 2.26. The van der Waals surface area contributed by atoms with E-state index in [9.17, 15) is 4.79 Å². The van der Waals surface area contributed by atoms with E-state index in [0.29, 0.717) is 5.92 Å². The first-order valence-electron chi connectivity index (χ1n) is 10.3. The fraction of sp³-hybridized carbons (Fsp3) is 0.458. The topological polar surface area (TPSA) is 32.8 Å². The first kappa shape index (κ1) is 20.4. The second-order valence-corrected chi connectivity index (χ2v) is 8.04. The molecule has 2 aromatic rings. The van der Waals surface area contributed by atoms with E-state index in [4.69, 9.17) is 4.74 Å². The molecule has 0 aliphatic carbocycles. The third-order valence-electron chi connectivity index (χ3n) is 5.38. The van der Waals surface area contributed by atoms with Crippen molar-refractivity contribution in [2.45, 2.75) is 46.3 Å². The van der Waals surface area contributed by atoms with Crippen LogP contribution in [0.2, 0.25) is 0 Å². The standard InChI is InChI=1S/C24H32N2O2/c1-18(2)22-11-10-19(3)16-23(22)28-20(4)24(27)26-14-12-25(13-15-26)17-21-8-6-5-7-9-21/h5-11,16,18,20H,12-15,17H2,1-4H3/t20-/m0/s1. The number of rotatable bonds is 6. The van der Waals surface area contributed by atoms with Crippen molar-refractivity contribution in [1.29, 1.82) is 0 Å². The second kappa shape index (κ2) is 9.24. The Balaban J connectivity index is 1.56. The van der Waals surface area contributed by atoms with E-state index in [1.165, 1.54) is 5.56 Å². The van der Waals surface area contributed by atoms with Gasteiger partial charge >= 0.3 is 0 Å². The molecular weight excluding hydrogens is 348 g/mol. The van der Waals surface area contributed by atoms with E-state index in [-0.39, 0.29) is 5.91 Å². The molecule has 4 heteroatoms. The van der Waals surface area contributed by atoms with Crippen LogP contribution in [0.3, 0.4) is 0 Å². The summed E-state index contributed by atoms with van der Waals surface area (Å²) in [4.78, 5) is 17.3. The normalized spacial score (nSPS) is 16.2. The lowest BCUT2D eigenvalue weighted by atomic mass is 10.0. The molecule has 1 atom stereocenters. The van der Waals surface area contributed by atoms with Gasteiger partial charge in [0.1, 0.15) is 5.75 Å². The summed E-state index contributed by atoms with van der Waals surface area (Å²) in [5.74, 6) is 1.27. The lowest BCUT2D eigenvalue weighted by Crippen LogP contribution is -2.51. The number of hydrogen-bond donors (Lipinski definition) is 0. The highest BCUT2D eigenvalue weighted by atomic mass is 16.5. The Morgan fingerprint density at radius 3 is 2.32 bits per heavy atom. The van der Waals surface area contributed by atoms with Crippen LogP contribution in [-0.4, -0.2) is 48.0 Å². The van der Waals surface area contributed by atoms with Crippen LogP contribution in [0.4, 0.5) is 0 Å². The van der Waals surface area contributed by atoms with E-state index >= 15 is 0 Å². The van der Waals surface area contributed by atoms with Gasteiger partial charge in [-0.15, -0.1) is 0 Å². The number of piperazine rings is 1. The third kappa shape index (κ3) is 5.14. The maximum atomic E-state index is 12.9. The van der Waals surface area contributed by atoms with Crippen LogP contribution < -0.4 is 4.74 Å². The molecule has 0 aromatic heterocycles. The van der Waals surface area contributed by atoms with Crippen molar-refractivity contribution >= 4 is 5.91 Å². The number of hydrogen-bond acceptors (Lipinski definition) is 3. The number of ether oxygens (including phenoxy) is 1. The molecule has 1 aliphatic heterocycles. The van der Waals surface area contributed by atoms with E-state index in [1.54, 1.807) is 0 Å². The number of carbonyl (C=O) groups is 1. The zero-order valence-corrected chi connectivity index (χ0v) is 17.5. The van der Waals surface area contributed by atoms with Gasteiger partial charge < -0.3 is 9.64 Å². The highest BCUT2D eigenvalue weighted by molar-refractivity contribution is 5.81. The van der Waals surface area contributed by atoms with Crippen molar-refractivity contribution in [2.75, 3.05) is 26.2 Å². The van der Waals surface area contributed by atoms with Gasteiger partial charge in [-0.2, -0.15) is 0 Å². The maximum absolute atomic E-state index is 12.9. The molecule has 0 saturated carbocycles. The Kier molecular flexibility index (Phi) is 6.74. The van der Waals surface area contributed by atoms with Crippen LogP contribution in [0.1, 0.15) is 43.4 Å². The van der Waals surface area contributed by atoms with Crippen LogP contribution in [0.25, 0.3) is 0 Å². The van der Waals surface area contributed by atoms with Gasteiger partial charge in [0, 0.05) is 32.7 Å². The van der Waals surface area contributed by atoms with Crippen LogP contribution in [0, 0.1) is 6.92 Å². The second-order valence-electron chi connectivity index (χ2n) is 8.04. The fourth-order valence-corrected chi connectivity index (χ4v) is 3.69. The van der Waals surface area contributed by atoms with Crippen molar-refractivity contribution in [2.24, 2.45) is 0 Å². The first-order valence-corrected chi connectivity index (χ1v) is 10.3. The minimum Gasteiger partial charge on any atom is -0.481 e. The smallest absolute Gasteiger partial charge is 0.263 e. The van der Waals surface area contributed by atoms with Crippen molar-refractivity contribution in [3.8, 4) is 5.75 Å². The summed E-state index contributed by atoms with van der Waals surface area (Å²) in [7, 11) is 0. The van der Waals surface area contributed by atoms with E-state index < -0.39 is 6.10 Å². The van der Waals surface area contributed by atoms with Crippen LogP contribution >= 0.6 is 0 Å². The summed E-state index contributed by atoms with van der Waals surface area (Å²) in [6.45, 7) is 12.5. The Labute approximate surface area is 169 Å². The van der Waals surface area contributed by atoms with Gasteiger partial charge in [0.05, 0.1) is 0 Å². The van der Waals surface area contributed by atoms with Gasteiger partial charge in [-0.05, 0) is 42.5 Å². The summed E-state index contributed by atoms with van der Waals surface area (Å²) >= 11 is 0. The summed E-state index contributed by atoms with van der Waals surface area (Å²) in [5, 5.41) is 0. The number of aryl methyl sites for hydroxylation is 1. The average molecular weight is 381 g/mol. The molecular formula is C24H32N2O2. The van der Waals surface area contributed by atoms with Crippen LogP contribution in [0.5, 0.6) is 5.75 Å². The third-order valence-corrected chi connectivity index (χ3v) is 5.38. The molecule has 0 bridgehead atoms. The maximum Gasteiger partial charge on any atom is 0.263 e. The van der Waals surface area contributed by atoms with Crippen molar-refractivity contribution in [3.63, 3.8) is 0 Å². The van der Waals surface area contributed by atoms with E-state index in [1.807, 2.05) is 24.0 Å². The molecule has 1 amide bonds. The molecule has 3 rings (SSSR count). The quantitative estimate of drug-likeness (QED) is 0.752.